The summed E-state index contributed by atoms with van der Waals surface area (Å²) >= 11 is 0. The molecular weight excluding hydrogens is 88.1 g/mol. The third-order valence-electron chi connectivity index (χ3n) is 2.00. The fourth-order valence-electron chi connectivity index (χ4n) is 1.31. The van der Waals surface area contributed by atoms with E-state index in [0.717, 1.165) is 18.8 Å². The molecule has 2 aliphatic rings. The smallest absolute Gasteiger partial charge is 0.0459 e. The van der Waals surface area contributed by atoms with E-state index < -0.39 is 0 Å². The van der Waals surface area contributed by atoms with E-state index >= 15 is 0 Å². The molecule has 2 nitrogen and oxygen atoms in total. The van der Waals surface area contributed by atoms with Gasteiger partial charge in [0.1, 0.15) is 0 Å². The molecule has 1 aliphatic carbocycles. The molecule has 1 unspecified atom stereocenters. The van der Waals surface area contributed by atoms with Gasteiger partial charge in [0.25, 0.3) is 0 Å². The van der Waals surface area contributed by atoms with Crippen LogP contribution in [0.4, 0.5) is 0 Å². The molecule has 0 aromatic rings. The van der Waals surface area contributed by atoms with Gasteiger partial charge in [-0.1, -0.05) is 0 Å². The average molecular weight is 98.1 g/mol. The number of rotatable bonds is 0. The van der Waals surface area contributed by atoms with Crippen molar-refractivity contribution < 1.29 is 0 Å². The second-order valence-corrected chi connectivity index (χ2v) is 2.38. The van der Waals surface area contributed by atoms with Crippen LogP contribution in [-0.4, -0.2) is 18.8 Å². The lowest BCUT2D eigenvalue weighted by molar-refractivity contribution is 0.334. The van der Waals surface area contributed by atoms with Gasteiger partial charge in [-0.05, 0) is 12.8 Å². The SMILES string of the molecule is C1NC2CC[C@@H]2N1. The summed E-state index contributed by atoms with van der Waals surface area (Å²) in [7, 11) is 0. The molecule has 0 aromatic heterocycles. The van der Waals surface area contributed by atoms with Crippen LogP contribution in [-0.2, 0) is 0 Å². The predicted molar refractivity (Wildman–Crippen MR) is 27.9 cm³/mol. The maximum atomic E-state index is 3.34. The van der Waals surface area contributed by atoms with Crippen LogP contribution in [0.25, 0.3) is 0 Å². The van der Waals surface area contributed by atoms with Gasteiger partial charge in [0, 0.05) is 18.8 Å². The first-order valence-corrected chi connectivity index (χ1v) is 2.93. The van der Waals surface area contributed by atoms with Crippen molar-refractivity contribution in [2.75, 3.05) is 6.67 Å². The minimum absolute atomic E-state index is 0.833. The second kappa shape index (κ2) is 1.20. The van der Waals surface area contributed by atoms with E-state index in [2.05, 4.69) is 10.6 Å². The van der Waals surface area contributed by atoms with Crippen molar-refractivity contribution in [2.24, 2.45) is 0 Å². The number of hydrogen-bond donors (Lipinski definition) is 2. The Morgan fingerprint density at radius 1 is 1.00 bits per heavy atom. The van der Waals surface area contributed by atoms with E-state index in [1.807, 2.05) is 0 Å². The van der Waals surface area contributed by atoms with Gasteiger partial charge in [-0.15, -0.1) is 0 Å². The average Bonchev–Trinajstić information content (AvgIpc) is 1.85. The number of fused-ring (bicyclic) bond motifs is 1. The lowest BCUT2D eigenvalue weighted by atomic mass is 9.88. The molecule has 2 rings (SSSR count). The Labute approximate surface area is 43.3 Å². The minimum Gasteiger partial charge on any atom is -0.300 e. The van der Waals surface area contributed by atoms with Crippen molar-refractivity contribution in [1.82, 2.24) is 10.6 Å². The molecule has 2 fully saturated rings. The molecule has 2 atom stereocenters. The molecule has 0 radical (unpaired) electrons. The largest absolute Gasteiger partial charge is 0.300 e. The molecule has 0 aromatic carbocycles. The van der Waals surface area contributed by atoms with Gasteiger partial charge in [-0.2, -0.15) is 0 Å². The third kappa shape index (κ3) is 0.409. The van der Waals surface area contributed by atoms with Crippen molar-refractivity contribution in [1.29, 1.82) is 0 Å². The molecule has 1 saturated carbocycles. The van der Waals surface area contributed by atoms with Gasteiger partial charge >= 0.3 is 0 Å². The summed E-state index contributed by atoms with van der Waals surface area (Å²) in [5.41, 5.74) is 0. The van der Waals surface area contributed by atoms with Crippen LogP contribution in [0.3, 0.4) is 0 Å². The summed E-state index contributed by atoms with van der Waals surface area (Å²) in [4.78, 5) is 0. The summed E-state index contributed by atoms with van der Waals surface area (Å²) in [6, 6.07) is 1.67. The second-order valence-electron chi connectivity index (χ2n) is 2.38. The van der Waals surface area contributed by atoms with E-state index in [0.29, 0.717) is 0 Å². The van der Waals surface area contributed by atoms with Gasteiger partial charge in [0.15, 0.2) is 0 Å². The van der Waals surface area contributed by atoms with Crippen LogP contribution in [0.15, 0.2) is 0 Å². The normalized spacial score (nSPS) is 48.0. The Morgan fingerprint density at radius 3 is 1.86 bits per heavy atom. The van der Waals surface area contributed by atoms with Crippen LogP contribution in [0.1, 0.15) is 12.8 Å². The lowest BCUT2D eigenvalue weighted by Crippen LogP contribution is -2.42. The van der Waals surface area contributed by atoms with E-state index in [1.54, 1.807) is 0 Å². The van der Waals surface area contributed by atoms with E-state index in [9.17, 15) is 0 Å². The molecule has 0 spiro atoms. The zero-order valence-corrected chi connectivity index (χ0v) is 4.28. The third-order valence-corrected chi connectivity index (χ3v) is 2.00. The van der Waals surface area contributed by atoms with Crippen LogP contribution in [0.2, 0.25) is 0 Å². The first-order valence-electron chi connectivity index (χ1n) is 2.93. The highest BCUT2D eigenvalue weighted by atomic mass is 15.2. The van der Waals surface area contributed by atoms with Crippen molar-refractivity contribution in [3.63, 3.8) is 0 Å². The maximum Gasteiger partial charge on any atom is 0.0459 e. The Bertz CT molecular complexity index is 72.1. The summed E-state index contributed by atoms with van der Waals surface area (Å²) in [5.74, 6) is 0. The summed E-state index contributed by atoms with van der Waals surface area (Å²) < 4.78 is 0. The molecule has 1 heterocycles. The number of nitrogens with one attached hydrogen (secondary N) is 2. The molecule has 7 heavy (non-hydrogen) atoms. The fourth-order valence-corrected chi connectivity index (χ4v) is 1.31. The first kappa shape index (κ1) is 3.87. The van der Waals surface area contributed by atoms with Crippen LogP contribution in [0.5, 0.6) is 0 Å². The standard InChI is InChI=1S/C5H10N2/c1-2-5-4(1)6-3-7-5/h4-7H,1-3H2/t4-,5?/m0/s1. The lowest BCUT2D eigenvalue weighted by Gasteiger charge is -2.28. The van der Waals surface area contributed by atoms with Crippen LogP contribution >= 0.6 is 0 Å². The van der Waals surface area contributed by atoms with E-state index in [-0.39, 0.29) is 0 Å². The van der Waals surface area contributed by atoms with Crippen molar-refractivity contribution in [3.05, 3.63) is 0 Å². The molecule has 2 heteroatoms. The fraction of sp³-hybridized carbons (Fsp3) is 1.00. The van der Waals surface area contributed by atoms with Crippen LogP contribution in [0, 0.1) is 0 Å². The van der Waals surface area contributed by atoms with Crippen molar-refractivity contribution in [3.8, 4) is 0 Å². The highest BCUT2D eigenvalue weighted by Gasteiger charge is 2.33. The van der Waals surface area contributed by atoms with E-state index in [4.69, 9.17) is 0 Å². The van der Waals surface area contributed by atoms with Crippen molar-refractivity contribution >= 4 is 0 Å². The molecule has 0 bridgehead atoms. The molecule has 2 N–H and O–H groups in total. The predicted octanol–water partition coefficient (Wildman–Crippen LogP) is -0.332. The zero-order valence-electron chi connectivity index (χ0n) is 4.28. The van der Waals surface area contributed by atoms with Crippen molar-refractivity contribution in [2.45, 2.75) is 24.9 Å². The monoisotopic (exact) mass is 98.1 g/mol. The topological polar surface area (TPSA) is 24.1 Å². The van der Waals surface area contributed by atoms with Crippen LogP contribution < -0.4 is 10.6 Å². The van der Waals surface area contributed by atoms with Gasteiger partial charge in [0.05, 0.1) is 0 Å². The molecule has 1 saturated heterocycles. The Hall–Kier alpha value is -0.0800. The highest BCUT2D eigenvalue weighted by Crippen LogP contribution is 2.21. The molecule has 40 valence electrons. The minimum atomic E-state index is 0.833. The van der Waals surface area contributed by atoms with Gasteiger partial charge in [-0.3, -0.25) is 0 Å². The quantitative estimate of drug-likeness (QED) is 0.433. The summed E-state index contributed by atoms with van der Waals surface area (Å²) in [6.45, 7) is 1.04. The molecular formula is C5H10N2. The van der Waals surface area contributed by atoms with Gasteiger partial charge < -0.3 is 10.6 Å². The van der Waals surface area contributed by atoms with Gasteiger partial charge in [-0.25, -0.2) is 0 Å². The molecule has 1 aliphatic heterocycles. The molecule has 0 amide bonds. The summed E-state index contributed by atoms with van der Waals surface area (Å²) in [5, 5.41) is 6.69. The van der Waals surface area contributed by atoms with Gasteiger partial charge in [0.2, 0.25) is 0 Å². The van der Waals surface area contributed by atoms with E-state index in [1.165, 1.54) is 12.8 Å². The maximum absolute atomic E-state index is 3.34. The Morgan fingerprint density at radius 2 is 1.57 bits per heavy atom. The first-order chi connectivity index (χ1) is 3.47. The highest BCUT2D eigenvalue weighted by molar-refractivity contribution is 4.96. The number of hydrogen-bond acceptors (Lipinski definition) is 2. The Balaban J connectivity index is 2.03. The summed E-state index contributed by atoms with van der Waals surface area (Å²) in [6.07, 6.45) is 2.77. The Kier molecular flexibility index (Phi) is 0.664. The zero-order chi connectivity index (χ0) is 4.69.